The van der Waals surface area contributed by atoms with Gasteiger partial charge in [-0.15, -0.1) is 11.3 Å². The molecule has 2 aromatic rings. The van der Waals surface area contributed by atoms with Crippen LogP contribution in [0.2, 0.25) is 9.36 Å². The summed E-state index contributed by atoms with van der Waals surface area (Å²) in [5.41, 5.74) is 0.292. The van der Waals surface area contributed by atoms with Gasteiger partial charge >= 0.3 is 0 Å². The quantitative estimate of drug-likeness (QED) is 0.772. The van der Waals surface area contributed by atoms with E-state index < -0.39 is 17.5 Å². The number of nitrogens with zero attached hydrogens (tertiary/aromatic N) is 1. The molecule has 1 aromatic carbocycles. The highest BCUT2D eigenvalue weighted by Crippen LogP contribution is 2.31. The standard InChI is InChI=1S/C13H6Cl2FNOS/c14-10-5-7(16)1-2-8(10)9(6-17)13(18)11-3-4-12(15)19-11/h1-5,9H. The number of halogens is 3. The fraction of sp³-hybridized carbons (Fsp3) is 0.0769. The molecule has 2 nitrogen and oxygen atoms in total. The van der Waals surface area contributed by atoms with Crippen molar-refractivity contribution in [1.29, 1.82) is 5.26 Å². The number of ketones is 1. The van der Waals surface area contributed by atoms with Crippen LogP contribution in [-0.4, -0.2) is 5.78 Å². The van der Waals surface area contributed by atoms with E-state index in [2.05, 4.69) is 0 Å². The molecule has 1 heterocycles. The summed E-state index contributed by atoms with van der Waals surface area (Å²) in [4.78, 5) is 12.6. The average Bonchev–Trinajstić information content (AvgIpc) is 2.79. The van der Waals surface area contributed by atoms with Crippen LogP contribution in [-0.2, 0) is 0 Å². The van der Waals surface area contributed by atoms with Crippen LogP contribution in [0.15, 0.2) is 30.3 Å². The highest BCUT2D eigenvalue weighted by molar-refractivity contribution is 7.18. The van der Waals surface area contributed by atoms with Crippen molar-refractivity contribution in [2.45, 2.75) is 5.92 Å². The second-order valence-corrected chi connectivity index (χ2v) is 5.82. The van der Waals surface area contributed by atoms with Crippen LogP contribution in [0.5, 0.6) is 0 Å². The van der Waals surface area contributed by atoms with E-state index in [0.717, 1.165) is 17.4 Å². The van der Waals surface area contributed by atoms with E-state index in [4.69, 9.17) is 28.5 Å². The Bertz CT molecular complexity index is 678. The minimum atomic E-state index is -1.07. The molecule has 0 aliphatic rings. The molecule has 0 amide bonds. The fourth-order valence-corrected chi connectivity index (χ4v) is 2.88. The Morgan fingerprint density at radius 2 is 2.05 bits per heavy atom. The summed E-state index contributed by atoms with van der Waals surface area (Å²) in [6.45, 7) is 0. The van der Waals surface area contributed by atoms with Gasteiger partial charge in [-0.1, -0.05) is 29.3 Å². The maximum atomic E-state index is 13.0. The van der Waals surface area contributed by atoms with Gasteiger partial charge in [0.25, 0.3) is 0 Å². The summed E-state index contributed by atoms with van der Waals surface area (Å²) >= 11 is 12.7. The minimum Gasteiger partial charge on any atom is -0.291 e. The molecular formula is C13H6Cl2FNOS. The molecule has 2 rings (SSSR count). The summed E-state index contributed by atoms with van der Waals surface area (Å²) in [5.74, 6) is -1.98. The van der Waals surface area contributed by atoms with E-state index in [-0.39, 0.29) is 5.02 Å². The van der Waals surface area contributed by atoms with Crippen molar-refractivity contribution in [3.8, 4) is 6.07 Å². The Morgan fingerprint density at radius 1 is 1.32 bits per heavy atom. The Kier molecular flexibility index (Phi) is 4.20. The first kappa shape index (κ1) is 14.0. The molecule has 0 bridgehead atoms. The molecule has 96 valence electrons. The van der Waals surface area contributed by atoms with Gasteiger partial charge in [-0.2, -0.15) is 5.26 Å². The molecule has 0 aliphatic heterocycles. The summed E-state index contributed by atoms with van der Waals surface area (Å²) in [5, 5.41) is 9.22. The van der Waals surface area contributed by atoms with Gasteiger partial charge in [0.15, 0.2) is 5.78 Å². The largest absolute Gasteiger partial charge is 0.291 e. The van der Waals surface area contributed by atoms with Crippen molar-refractivity contribution in [1.82, 2.24) is 0 Å². The number of hydrogen-bond donors (Lipinski definition) is 0. The SMILES string of the molecule is N#CC(C(=O)c1ccc(Cl)s1)c1ccc(F)cc1Cl. The van der Waals surface area contributed by atoms with Crippen molar-refractivity contribution >= 4 is 40.3 Å². The van der Waals surface area contributed by atoms with Crippen molar-refractivity contribution < 1.29 is 9.18 Å². The first-order valence-corrected chi connectivity index (χ1v) is 6.74. The minimum absolute atomic E-state index is 0.0579. The normalized spacial score (nSPS) is 11.9. The van der Waals surface area contributed by atoms with Gasteiger partial charge in [-0.05, 0) is 29.8 Å². The summed E-state index contributed by atoms with van der Waals surface area (Å²) in [7, 11) is 0. The molecule has 1 atom stereocenters. The van der Waals surface area contributed by atoms with Crippen LogP contribution in [0.1, 0.15) is 21.2 Å². The van der Waals surface area contributed by atoms with Gasteiger partial charge in [0, 0.05) is 5.02 Å². The lowest BCUT2D eigenvalue weighted by molar-refractivity contribution is 0.0983. The van der Waals surface area contributed by atoms with E-state index >= 15 is 0 Å². The van der Waals surface area contributed by atoms with Crippen molar-refractivity contribution in [2.75, 3.05) is 0 Å². The zero-order valence-electron chi connectivity index (χ0n) is 9.36. The predicted octanol–water partition coefficient (Wildman–Crippen LogP) is 4.68. The lowest BCUT2D eigenvalue weighted by Crippen LogP contribution is -2.10. The second-order valence-electron chi connectivity index (χ2n) is 3.70. The van der Waals surface area contributed by atoms with Crippen LogP contribution in [0.25, 0.3) is 0 Å². The van der Waals surface area contributed by atoms with E-state index in [9.17, 15) is 9.18 Å². The number of carbonyl (C=O) groups excluding carboxylic acids is 1. The molecule has 0 radical (unpaired) electrons. The maximum absolute atomic E-state index is 13.0. The number of benzene rings is 1. The first-order chi connectivity index (χ1) is 9.02. The molecule has 0 fully saturated rings. The van der Waals surface area contributed by atoms with Gasteiger partial charge in [0.1, 0.15) is 11.7 Å². The van der Waals surface area contributed by atoms with Gasteiger partial charge < -0.3 is 0 Å². The first-order valence-electron chi connectivity index (χ1n) is 5.17. The van der Waals surface area contributed by atoms with Crippen molar-refractivity contribution in [3.63, 3.8) is 0 Å². The van der Waals surface area contributed by atoms with Gasteiger partial charge in [-0.25, -0.2) is 4.39 Å². The smallest absolute Gasteiger partial charge is 0.194 e. The molecule has 6 heteroatoms. The van der Waals surface area contributed by atoms with Crippen LogP contribution >= 0.6 is 34.5 Å². The van der Waals surface area contributed by atoms with Crippen LogP contribution in [0.4, 0.5) is 4.39 Å². The summed E-state index contributed by atoms with van der Waals surface area (Å²) in [6.07, 6.45) is 0. The Hall–Kier alpha value is -1.41. The third kappa shape index (κ3) is 2.95. The van der Waals surface area contributed by atoms with Crippen LogP contribution in [0.3, 0.4) is 0 Å². The van der Waals surface area contributed by atoms with E-state index in [1.165, 1.54) is 12.1 Å². The topological polar surface area (TPSA) is 40.9 Å². The molecular weight excluding hydrogens is 308 g/mol. The Labute approximate surface area is 123 Å². The van der Waals surface area contributed by atoms with E-state index in [0.29, 0.717) is 14.8 Å². The molecule has 0 aliphatic carbocycles. The Morgan fingerprint density at radius 3 is 2.58 bits per heavy atom. The van der Waals surface area contributed by atoms with E-state index in [1.807, 2.05) is 6.07 Å². The van der Waals surface area contributed by atoms with Gasteiger partial charge in [-0.3, -0.25) is 4.79 Å². The molecule has 1 aromatic heterocycles. The predicted molar refractivity (Wildman–Crippen MR) is 73.4 cm³/mol. The molecule has 0 spiro atoms. The van der Waals surface area contributed by atoms with E-state index in [1.54, 1.807) is 12.1 Å². The number of nitriles is 1. The second kappa shape index (κ2) is 5.70. The lowest BCUT2D eigenvalue weighted by atomic mass is 9.95. The lowest BCUT2D eigenvalue weighted by Gasteiger charge is -2.09. The van der Waals surface area contributed by atoms with Gasteiger partial charge in [0.2, 0.25) is 0 Å². The number of rotatable bonds is 3. The monoisotopic (exact) mass is 313 g/mol. The number of carbonyl (C=O) groups is 1. The molecule has 0 N–H and O–H groups in total. The molecule has 0 saturated carbocycles. The molecule has 19 heavy (non-hydrogen) atoms. The zero-order valence-corrected chi connectivity index (χ0v) is 11.7. The third-order valence-electron chi connectivity index (χ3n) is 2.48. The highest BCUT2D eigenvalue weighted by atomic mass is 35.5. The number of Topliss-reactive ketones (excluding diaryl/α,β-unsaturated/α-hetero) is 1. The van der Waals surface area contributed by atoms with Crippen molar-refractivity contribution in [2.24, 2.45) is 0 Å². The Balaban J connectivity index is 2.40. The summed E-state index contributed by atoms with van der Waals surface area (Å²) < 4.78 is 13.4. The highest BCUT2D eigenvalue weighted by Gasteiger charge is 2.25. The zero-order chi connectivity index (χ0) is 14.0. The fourth-order valence-electron chi connectivity index (χ4n) is 1.59. The third-order valence-corrected chi connectivity index (χ3v) is 4.05. The van der Waals surface area contributed by atoms with Crippen molar-refractivity contribution in [3.05, 3.63) is 55.9 Å². The average molecular weight is 314 g/mol. The molecule has 0 saturated heterocycles. The van der Waals surface area contributed by atoms with Gasteiger partial charge in [0.05, 0.1) is 15.3 Å². The van der Waals surface area contributed by atoms with Crippen LogP contribution < -0.4 is 0 Å². The maximum Gasteiger partial charge on any atom is 0.194 e. The molecule has 1 unspecified atom stereocenters. The number of thiophene rings is 1. The van der Waals surface area contributed by atoms with Crippen LogP contribution in [0, 0.1) is 17.1 Å². The summed E-state index contributed by atoms with van der Waals surface area (Å²) in [6, 6.07) is 8.62. The number of hydrogen-bond acceptors (Lipinski definition) is 3.